The summed E-state index contributed by atoms with van der Waals surface area (Å²) in [6, 6.07) is 14.2. The minimum atomic E-state index is -0.863. The van der Waals surface area contributed by atoms with Crippen molar-refractivity contribution in [3.05, 3.63) is 88.5 Å². The molecule has 4 N–H and O–H groups in total. The number of anilines is 2. The number of aryl methyl sites for hydroxylation is 1. The van der Waals surface area contributed by atoms with E-state index in [0.717, 1.165) is 86.3 Å². The smallest absolute Gasteiger partial charge is 0.246 e. The zero-order valence-electron chi connectivity index (χ0n) is 43.3. The van der Waals surface area contributed by atoms with E-state index in [2.05, 4.69) is 35.8 Å². The van der Waals surface area contributed by atoms with Gasteiger partial charge >= 0.3 is 0 Å². The predicted octanol–water partition coefficient (Wildman–Crippen LogP) is 8.84. The van der Waals surface area contributed by atoms with Gasteiger partial charge in [-0.2, -0.15) is 0 Å². The van der Waals surface area contributed by atoms with Gasteiger partial charge in [-0.15, -0.1) is 11.3 Å². The molecule has 2 fully saturated rings. The van der Waals surface area contributed by atoms with Crippen LogP contribution in [0.1, 0.15) is 103 Å². The van der Waals surface area contributed by atoms with Crippen LogP contribution in [0.3, 0.4) is 0 Å². The lowest BCUT2D eigenvalue weighted by Crippen LogP contribution is -2.57. The van der Waals surface area contributed by atoms with Gasteiger partial charge in [-0.3, -0.25) is 24.1 Å². The van der Waals surface area contributed by atoms with E-state index >= 15 is 0 Å². The largest absolute Gasteiger partial charge is 0.493 e. The Kier molecular flexibility index (Phi) is 20.0. The molecule has 0 bridgehead atoms. The highest BCUT2D eigenvalue weighted by Crippen LogP contribution is 2.36. The van der Waals surface area contributed by atoms with Crippen LogP contribution in [-0.2, 0) is 25.7 Å². The molecule has 0 aliphatic carbocycles. The summed E-state index contributed by atoms with van der Waals surface area (Å²) < 4.78 is 25.5. The molecule has 74 heavy (non-hydrogen) atoms. The Morgan fingerprint density at radius 3 is 2.28 bits per heavy atom. The second-order valence-electron chi connectivity index (χ2n) is 20.3. The maximum Gasteiger partial charge on any atom is 0.246 e. The lowest BCUT2D eigenvalue weighted by Gasteiger charge is -2.35. The summed E-state index contributed by atoms with van der Waals surface area (Å²) in [7, 11) is 1.58. The van der Waals surface area contributed by atoms with Crippen LogP contribution >= 0.6 is 22.9 Å². The second kappa shape index (κ2) is 26.5. The zero-order valence-corrected chi connectivity index (χ0v) is 44.8. The minimum Gasteiger partial charge on any atom is -0.493 e. The highest BCUT2D eigenvalue weighted by Gasteiger charge is 2.44. The van der Waals surface area contributed by atoms with E-state index < -0.39 is 29.4 Å². The fraction of sp³-hybridized carbons (Fsp3) is 0.509. The van der Waals surface area contributed by atoms with Gasteiger partial charge in [0.2, 0.25) is 23.6 Å². The molecule has 0 radical (unpaired) electrons. The van der Waals surface area contributed by atoms with Crippen LogP contribution in [0.15, 0.2) is 66.4 Å². The summed E-state index contributed by atoms with van der Waals surface area (Å²) >= 11 is 7.57. The molecule has 7 rings (SSSR count). The number of unbranched alkanes of at least 4 members (excludes halogenated alkanes) is 6. The number of halogens is 2. The molecule has 16 nitrogen and oxygen atoms in total. The number of ether oxygens (including phenoxy) is 2. The molecule has 4 heterocycles. The maximum absolute atomic E-state index is 14.0. The van der Waals surface area contributed by atoms with Gasteiger partial charge in [0, 0.05) is 82.2 Å². The minimum absolute atomic E-state index is 0.00491. The molecule has 5 aromatic rings. The van der Waals surface area contributed by atoms with Gasteiger partial charge < -0.3 is 40.3 Å². The van der Waals surface area contributed by atoms with E-state index in [4.69, 9.17) is 21.1 Å². The first-order chi connectivity index (χ1) is 35.6. The van der Waals surface area contributed by atoms with Crippen LogP contribution in [0.5, 0.6) is 11.5 Å². The van der Waals surface area contributed by atoms with E-state index in [9.17, 15) is 28.7 Å². The summed E-state index contributed by atoms with van der Waals surface area (Å²) in [5.41, 5.74) is 5.37. The van der Waals surface area contributed by atoms with Crippen LogP contribution in [0, 0.1) is 18.2 Å². The number of aliphatic hydroxyl groups is 1. The Morgan fingerprint density at radius 2 is 1.61 bits per heavy atom. The summed E-state index contributed by atoms with van der Waals surface area (Å²) in [5, 5.41) is 20.4. The summed E-state index contributed by atoms with van der Waals surface area (Å²) in [6.07, 6.45) is 8.77. The molecule has 2 saturated heterocycles. The highest BCUT2D eigenvalue weighted by atomic mass is 35.5. The molecular formula is C55H71ClFN9O7S. The van der Waals surface area contributed by atoms with Gasteiger partial charge in [0.15, 0.2) is 11.5 Å². The number of carbonyl (C=O) groups is 4. The third kappa shape index (κ3) is 15.3. The monoisotopic (exact) mass is 1060 g/mol. The fourth-order valence-electron chi connectivity index (χ4n) is 9.45. The fourth-order valence-corrected chi connectivity index (χ4v) is 10.4. The third-order valence-electron chi connectivity index (χ3n) is 13.7. The van der Waals surface area contributed by atoms with Gasteiger partial charge in [-0.05, 0) is 67.0 Å². The first kappa shape index (κ1) is 55.8. The number of carbonyl (C=O) groups excluding carboxylic acids is 4. The maximum atomic E-state index is 14.0. The number of nitrogens with one attached hydrogen (secondary N) is 3. The van der Waals surface area contributed by atoms with Crippen molar-refractivity contribution in [3.8, 4) is 21.9 Å². The van der Waals surface area contributed by atoms with Crippen LogP contribution < -0.4 is 25.4 Å². The quantitative estimate of drug-likeness (QED) is 0.0430. The third-order valence-corrected chi connectivity index (χ3v) is 15.0. The van der Waals surface area contributed by atoms with Crippen LogP contribution in [0.4, 0.5) is 15.9 Å². The average molecular weight is 1060 g/mol. The van der Waals surface area contributed by atoms with Crippen LogP contribution in [0.2, 0.25) is 5.02 Å². The number of thiazole rings is 1. The Bertz CT molecular complexity index is 2700. The number of rotatable bonds is 24. The number of benzene rings is 3. The SMILES string of the molecule is COc1cc2ncnc(Nc3ccc(F)c(Cl)c3)c2cc1OCCCN1CCN(C(=O)CCCCCCCCCC(=O)N[C@H](C(=O)N2C[C@@H](O)C[C@@H]2C(=O)NCc2ccc(-c3scnc3C)cc2)C(C)(C)C)CC1. The molecule has 2 aliphatic rings. The van der Waals surface area contributed by atoms with Crippen molar-refractivity contribution in [2.75, 3.05) is 58.3 Å². The van der Waals surface area contributed by atoms with Crippen molar-refractivity contribution >= 4 is 69.0 Å². The van der Waals surface area contributed by atoms with E-state index in [-0.39, 0.29) is 54.6 Å². The molecule has 19 heteroatoms. The standard InChI is InChI=1S/C55H71ClFN9O7S/c1-36-50(74-35-61-36)38-18-16-37(17-19-38)32-58-53(70)45-29-40(67)33-66(45)54(71)51(55(2,3)4)63-48(68)14-11-9-7-6-8-10-12-15-49(69)65-25-23-64(24-26-65)22-13-27-73-47-30-41-44(31-46(47)72-5)59-34-60-52(41)62-39-20-21-43(57)42(56)28-39/h16-21,28,30-31,34-35,40,45,51,67H,6-15,22-27,29,32-33H2,1-5H3,(H,58,70)(H,63,68)(H,59,60,62)/t40-,45+,51+/m0/s1. The first-order valence-electron chi connectivity index (χ1n) is 25.8. The van der Waals surface area contributed by atoms with Gasteiger partial charge in [0.05, 0.1) is 46.4 Å². The van der Waals surface area contributed by atoms with Gasteiger partial charge in [0.25, 0.3) is 0 Å². The molecule has 0 spiro atoms. The molecule has 398 valence electrons. The van der Waals surface area contributed by atoms with E-state index in [0.29, 0.717) is 66.4 Å². The Morgan fingerprint density at radius 1 is 0.892 bits per heavy atom. The van der Waals surface area contributed by atoms with Crippen molar-refractivity contribution in [2.45, 2.75) is 123 Å². The molecule has 2 aromatic heterocycles. The topological polar surface area (TPSA) is 191 Å². The number of nitrogens with zero attached hydrogens (tertiary/aromatic N) is 6. The molecular weight excluding hydrogens is 985 g/mol. The number of hydrogen-bond donors (Lipinski definition) is 4. The lowest BCUT2D eigenvalue weighted by molar-refractivity contribution is -0.144. The van der Waals surface area contributed by atoms with Crippen molar-refractivity contribution < 1.29 is 38.1 Å². The van der Waals surface area contributed by atoms with Crippen LogP contribution in [0.25, 0.3) is 21.3 Å². The van der Waals surface area contributed by atoms with Crippen molar-refractivity contribution in [1.29, 1.82) is 0 Å². The van der Waals surface area contributed by atoms with Crippen LogP contribution in [-0.4, -0.2) is 130 Å². The molecule has 2 aliphatic heterocycles. The number of aromatic nitrogens is 3. The van der Waals surface area contributed by atoms with Crippen molar-refractivity contribution in [2.24, 2.45) is 5.41 Å². The predicted molar refractivity (Wildman–Crippen MR) is 287 cm³/mol. The summed E-state index contributed by atoms with van der Waals surface area (Å²) in [6.45, 7) is 12.3. The number of likely N-dealkylation sites (tertiary alicyclic amines) is 1. The number of hydrogen-bond acceptors (Lipinski definition) is 13. The Hall–Kier alpha value is -5.95. The normalized spacial score (nSPS) is 16.5. The number of β-amino-alcohol motifs (C(OH)–C–C–N with tert-alkyl or cyclic N) is 1. The van der Waals surface area contributed by atoms with Crippen molar-refractivity contribution in [3.63, 3.8) is 0 Å². The summed E-state index contributed by atoms with van der Waals surface area (Å²) in [5.74, 6) is 0.413. The molecule has 4 amide bonds. The van der Waals surface area contributed by atoms with Gasteiger partial charge in [-0.1, -0.05) is 88.7 Å². The average Bonchev–Trinajstić information content (AvgIpc) is 4.01. The van der Waals surface area contributed by atoms with E-state index in [1.807, 2.05) is 68.4 Å². The van der Waals surface area contributed by atoms with Gasteiger partial charge in [-0.25, -0.2) is 19.3 Å². The van der Waals surface area contributed by atoms with E-state index in [1.165, 1.54) is 23.4 Å². The highest BCUT2D eigenvalue weighted by molar-refractivity contribution is 7.13. The Balaban J connectivity index is 0.738. The lowest BCUT2D eigenvalue weighted by atomic mass is 9.85. The molecule has 0 saturated carbocycles. The number of amides is 4. The Labute approximate surface area is 442 Å². The molecule has 3 aromatic carbocycles. The zero-order chi connectivity index (χ0) is 52.8. The number of methoxy groups -OCH3 is 1. The molecule has 0 unspecified atom stereocenters. The molecule has 3 atom stereocenters. The first-order valence-corrected chi connectivity index (χ1v) is 27.1. The van der Waals surface area contributed by atoms with Crippen molar-refractivity contribution in [1.82, 2.24) is 40.3 Å². The number of piperazine rings is 1. The second-order valence-corrected chi connectivity index (χ2v) is 21.6. The summed E-state index contributed by atoms with van der Waals surface area (Å²) in [4.78, 5) is 73.7. The number of aliphatic hydroxyl groups excluding tert-OH is 1. The van der Waals surface area contributed by atoms with Gasteiger partial charge in [0.1, 0.15) is 30.0 Å². The van der Waals surface area contributed by atoms with E-state index in [1.54, 1.807) is 30.6 Å². The number of fused-ring (bicyclic) bond motifs is 1.